The van der Waals surface area contributed by atoms with Crippen LogP contribution in [0.1, 0.15) is 30.3 Å². The van der Waals surface area contributed by atoms with E-state index < -0.39 is 0 Å². The first kappa shape index (κ1) is 10.9. The fourth-order valence-corrected chi connectivity index (χ4v) is 1.93. The van der Waals surface area contributed by atoms with Crippen molar-refractivity contribution in [3.8, 4) is 0 Å². The van der Waals surface area contributed by atoms with Crippen LogP contribution in [0.4, 0.5) is 0 Å². The van der Waals surface area contributed by atoms with Crippen molar-refractivity contribution in [3.63, 3.8) is 0 Å². The third kappa shape index (κ3) is 1.98. The minimum atomic E-state index is -0.153. The van der Waals surface area contributed by atoms with Crippen LogP contribution in [0.3, 0.4) is 0 Å². The third-order valence-corrected chi connectivity index (χ3v) is 2.96. The van der Waals surface area contributed by atoms with Gasteiger partial charge in [0, 0.05) is 31.5 Å². The summed E-state index contributed by atoms with van der Waals surface area (Å²) in [4.78, 5) is 25.1. The van der Waals surface area contributed by atoms with Crippen LogP contribution in [0, 0.1) is 5.92 Å². The lowest BCUT2D eigenvalue weighted by Crippen LogP contribution is -2.44. The van der Waals surface area contributed by atoms with Gasteiger partial charge in [0.1, 0.15) is 12.0 Å². The Kier molecular flexibility index (Phi) is 3.03. The Morgan fingerprint density at radius 3 is 3.12 bits per heavy atom. The number of carbonyl (C=O) groups is 2. The lowest BCUT2D eigenvalue weighted by Gasteiger charge is -2.30. The van der Waals surface area contributed by atoms with Crippen molar-refractivity contribution in [1.82, 2.24) is 10.1 Å². The van der Waals surface area contributed by atoms with Crippen LogP contribution in [0.15, 0.2) is 16.9 Å². The van der Waals surface area contributed by atoms with Crippen molar-refractivity contribution in [2.75, 3.05) is 13.1 Å². The van der Waals surface area contributed by atoms with E-state index in [0.29, 0.717) is 25.2 Å². The molecule has 1 unspecified atom stereocenters. The van der Waals surface area contributed by atoms with Crippen molar-refractivity contribution in [2.45, 2.75) is 19.8 Å². The van der Waals surface area contributed by atoms with Crippen molar-refractivity contribution < 1.29 is 14.1 Å². The second-order valence-electron chi connectivity index (χ2n) is 3.96. The minimum Gasteiger partial charge on any atom is -0.364 e. The van der Waals surface area contributed by atoms with E-state index in [0.717, 1.165) is 6.42 Å². The molecule has 5 heteroatoms. The molecule has 1 aromatic rings. The number of aromatic nitrogens is 1. The fourth-order valence-electron chi connectivity index (χ4n) is 1.93. The molecule has 1 fully saturated rings. The van der Waals surface area contributed by atoms with Gasteiger partial charge < -0.3 is 9.42 Å². The number of hydrogen-bond donors (Lipinski definition) is 0. The molecular formula is C11H14N2O3. The lowest BCUT2D eigenvalue weighted by molar-refractivity contribution is -0.125. The van der Waals surface area contributed by atoms with Gasteiger partial charge >= 0.3 is 0 Å². The summed E-state index contributed by atoms with van der Waals surface area (Å²) < 4.78 is 4.64. The summed E-state index contributed by atoms with van der Waals surface area (Å²) in [5, 5.41) is 3.61. The van der Waals surface area contributed by atoms with Gasteiger partial charge in [-0.1, -0.05) is 12.1 Å². The first-order valence-corrected chi connectivity index (χ1v) is 5.44. The Hall–Kier alpha value is -1.65. The molecule has 0 bridgehead atoms. The first-order valence-electron chi connectivity index (χ1n) is 5.44. The summed E-state index contributed by atoms with van der Waals surface area (Å²) >= 11 is 0. The highest BCUT2D eigenvalue weighted by atomic mass is 16.5. The number of hydrogen-bond acceptors (Lipinski definition) is 4. The molecule has 1 aliphatic heterocycles. The van der Waals surface area contributed by atoms with Gasteiger partial charge in [0.05, 0.1) is 0 Å². The molecule has 0 spiro atoms. The maximum atomic E-state index is 11.9. The number of piperidine rings is 1. The maximum absolute atomic E-state index is 11.9. The van der Waals surface area contributed by atoms with Gasteiger partial charge in [-0.3, -0.25) is 9.59 Å². The summed E-state index contributed by atoms with van der Waals surface area (Å²) in [6.07, 6.45) is 2.60. The van der Waals surface area contributed by atoms with E-state index in [4.69, 9.17) is 0 Å². The highest BCUT2D eigenvalue weighted by molar-refractivity contribution is 5.93. The Balaban J connectivity index is 2.06. The van der Waals surface area contributed by atoms with Crippen LogP contribution in [-0.4, -0.2) is 34.8 Å². The van der Waals surface area contributed by atoms with Crippen LogP contribution >= 0.6 is 0 Å². The van der Waals surface area contributed by atoms with Crippen LogP contribution in [0.25, 0.3) is 0 Å². The summed E-state index contributed by atoms with van der Waals surface area (Å²) in [5.74, 6) is 0.0796. The molecule has 1 aliphatic rings. The zero-order valence-electron chi connectivity index (χ0n) is 9.18. The number of rotatable bonds is 2. The fraction of sp³-hybridized carbons (Fsp3) is 0.545. The van der Waals surface area contributed by atoms with E-state index in [2.05, 4.69) is 9.68 Å². The molecular weight excluding hydrogens is 208 g/mol. The molecule has 0 radical (unpaired) electrons. The second kappa shape index (κ2) is 4.47. The number of ketones is 1. The van der Waals surface area contributed by atoms with Crippen molar-refractivity contribution in [2.24, 2.45) is 5.92 Å². The molecule has 16 heavy (non-hydrogen) atoms. The summed E-state index contributed by atoms with van der Waals surface area (Å²) in [6, 6.07) is 1.54. The summed E-state index contributed by atoms with van der Waals surface area (Å²) in [5.41, 5.74) is 0.309. The molecule has 1 atom stereocenters. The van der Waals surface area contributed by atoms with Gasteiger partial charge in [0.15, 0.2) is 5.69 Å². The number of amides is 1. The molecule has 2 rings (SSSR count). The standard InChI is InChI=1S/C11H14N2O3/c1-2-8-7-13(5-3-10(8)14)11(15)9-4-6-16-12-9/h4,6,8H,2-3,5,7H2,1H3. The minimum absolute atomic E-state index is 0.0235. The zero-order chi connectivity index (χ0) is 11.5. The van der Waals surface area contributed by atoms with Gasteiger partial charge in [-0.05, 0) is 6.42 Å². The van der Waals surface area contributed by atoms with E-state index in [-0.39, 0.29) is 17.6 Å². The van der Waals surface area contributed by atoms with Gasteiger partial charge in [0.2, 0.25) is 0 Å². The molecule has 0 aromatic carbocycles. The molecule has 5 nitrogen and oxygen atoms in total. The molecule has 2 heterocycles. The summed E-state index contributed by atoms with van der Waals surface area (Å²) in [6.45, 7) is 2.95. The van der Waals surface area contributed by atoms with Crippen LogP contribution < -0.4 is 0 Å². The quantitative estimate of drug-likeness (QED) is 0.752. The first-order chi connectivity index (χ1) is 7.72. The van der Waals surface area contributed by atoms with E-state index >= 15 is 0 Å². The molecule has 0 aliphatic carbocycles. The zero-order valence-corrected chi connectivity index (χ0v) is 9.18. The van der Waals surface area contributed by atoms with Crippen LogP contribution in [0.5, 0.6) is 0 Å². The van der Waals surface area contributed by atoms with Crippen LogP contribution in [-0.2, 0) is 4.79 Å². The van der Waals surface area contributed by atoms with Gasteiger partial charge in [-0.2, -0.15) is 0 Å². The van der Waals surface area contributed by atoms with E-state index in [1.807, 2.05) is 6.92 Å². The van der Waals surface area contributed by atoms with Crippen molar-refractivity contribution >= 4 is 11.7 Å². The number of nitrogens with zero attached hydrogens (tertiary/aromatic N) is 2. The van der Waals surface area contributed by atoms with Crippen molar-refractivity contribution in [1.29, 1.82) is 0 Å². The predicted octanol–water partition coefficient (Wildman–Crippen LogP) is 1.12. The maximum Gasteiger partial charge on any atom is 0.276 e. The Morgan fingerprint density at radius 2 is 2.50 bits per heavy atom. The molecule has 1 amide bonds. The van der Waals surface area contributed by atoms with Crippen molar-refractivity contribution in [3.05, 3.63) is 18.0 Å². The number of Topliss-reactive ketones (excluding diaryl/α,β-unsaturated/α-hetero) is 1. The average Bonchev–Trinajstić information content (AvgIpc) is 2.82. The van der Waals surface area contributed by atoms with Gasteiger partial charge in [-0.15, -0.1) is 0 Å². The molecule has 0 N–H and O–H groups in total. The molecule has 86 valence electrons. The summed E-state index contributed by atoms with van der Waals surface area (Å²) in [7, 11) is 0. The highest BCUT2D eigenvalue weighted by Crippen LogP contribution is 2.17. The topological polar surface area (TPSA) is 63.4 Å². The van der Waals surface area contributed by atoms with Gasteiger partial charge in [-0.25, -0.2) is 0 Å². The van der Waals surface area contributed by atoms with Gasteiger partial charge in [0.25, 0.3) is 5.91 Å². The smallest absolute Gasteiger partial charge is 0.276 e. The number of likely N-dealkylation sites (tertiary alicyclic amines) is 1. The number of carbonyl (C=O) groups excluding carboxylic acids is 2. The monoisotopic (exact) mass is 222 g/mol. The molecule has 0 saturated carbocycles. The predicted molar refractivity (Wildman–Crippen MR) is 55.8 cm³/mol. The van der Waals surface area contributed by atoms with E-state index in [1.54, 1.807) is 11.0 Å². The third-order valence-electron chi connectivity index (χ3n) is 2.96. The Morgan fingerprint density at radius 1 is 1.69 bits per heavy atom. The average molecular weight is 222 g/mol. The molecule has 1 aromatic heterocycles. The largest absolute Gasteiger partial charge is 0.364 e. The Labute approximate surface area is 93.4 Å². The molecule has 1 saturated heterocycles. The lowest BCUT2D eigenvalue weighted by atomic mass is 9.94. The second-order valence-corrected chi connectivity index (χ2v) is 3.96. The van der Waals surface area contributed by atoms with E-state index in [9.17, 15) is 9.59 Å². The normalized spacial score (nSPS) is 21.2. The SMILES string of the molecule is CCC1CN(C(=O)c2ccon2)CCC1=O. The van der Waals surface area contributed by atoms with E-state index in [1.165, 1.54) is 6.26 Å². The van der Waals surface area contributed by atoms with Crippen LogP contribution in [0.2, 0.25) is 0 Å². The Bertz CT molecular complexity index is 386. The highest BCUT2D eigenvalue weighted by Gasteiger charge is 2.29.